The van der Waals surface area contributed by atoms with E-state index in [1.165, 1.54) is 18.3 Å². The summed E-state index contributed by atoms with van der Waals surface area (Å²) in [7, 11) is -3.65. The fourth-order valence-corrected chi connectivity index (χ4v) is 3.32. The molecule has 2 rings (SSSR count). The number of sulfonamides is 1. The molecule has 0 fully saturated rings. The highest BCUT2D eigenvalue weighted by Crippen LogP contribution is 2.20. The highest BCUT2D eigenvalue weighted by Gasteiger charge is 2.14. The zero-order chi connectivity index (χ0) is 17.6. The van der Waals surface area contributed by atoms with Crippen LogP contribution in [-0.2, 0) is 10.0 Å². The molecule has 130 valence electrons. The van der Waals surface area contributed by atoms with Gasteiger partial charge in [-0.2, -0.15) is 0 Å². The Hall–Kier alpha value is -2.28. The van der Waals surface area contributed by atoms with Gasteiger partial charge in [-0.3, -0.25) is 4.72 Å². The molecule has 1 aromatic carbocycles. The quantitative estimate of drug-likeness (QED) is 0.793. The first kappa shape index (κ1) is 18.1. The van der Waals surface area contributed by atoms with Gasteiger partial charge in [0.2, 0.25) is 0 Å². The molecule has 1 heterocycles. The van der Waals surface area contributed by atoms with Gasteiger partial charge >= 0.3 is 0 Å². The van der Waals surface area contributed by atoms with Crippen LogP contribution in [0.25, 0.3) is 0 Å². The van der Waals surface area contributed by atoms with Crippen molar-refractivity contribution in [3.63, 3.8) is 0 Å². The number of nitrogens with zero attached hydrogens (tertiary/aromatic N) is 2. The zero-order valence-corrected chi connectivity index (χ0v) is 15.0. The number of benzene rings is 1. The first-order valence-corrected chi connectivity index (χ1v) is 9.45. The minimum atomic E-state index is -3.65. The van der Waals surface area contributed by atoms with Crippen molar-refractivity contribution in [2.45, 2.75) is 25.7 Å². The Labute approximate surface area is 143 Å². The van der Waals surface area contributed by atoms with Crippen LogP contribution in [0.2, 0.25) is 0 Å². The molecule has 0 aliphatic carbocycles. The molecule has 0 radical (unpaired) electrons. The van der Waals surface area contributed by atoms with Crippen molar-refractivity contribution in [2.24, 2.45) is 0 Å². The Balaban J connectivity index is 2.13. The lowest BCUT2D eigenvalue weighted by Crippen LogP contribution is -2.22. The molecule has 24 heavy (non-hydrogen) atoms. The Bertz CT molecular complexity index is 740. The highest BCUT2D eigenvalue weighted by atomic mass is 32.2. The number of aromatic nitrogens is 1. The van der Waals surface area contributed by atoms with E-state index in [1.807, 2.05) is 26.8 Å². The van der Waals surface area contributed by atoms with Crippen molar-refractivity contribution >= 4 is 21.5 Å². The summed E-state index contributed by atoms with van der Waals surface area (Å²) in [4.78, 5) is 6.58. The van der Waals surface area contributed by atoms with Crippen molar-refractivity contribution < 1.29 is 13.2 Å². The van der Waals surface area contributed by atoms with Gasteiger partial charge in [-0.05, 0) is 57.2 Å². The molecule has 0 unspecified atom stereocenters. The van der Waals surface area contributed by atoms with Crippen molar-refractivity contribution in [3.8, 4) is 5.75 Å². The van der Waals surface area contributed by atoms with E-state index in [0.29, 0.717) is 18.0 Å². The number of pyridine rings is 1. The summed E-state index contributed by atoms with van der Waals surface area (Å²) in [5.74, 6) is 1.46. The van der Waals surface area contributed by atoms with Crippen molar-refractivity contribution in [3.05, 3.63) is 42.6 Å². The van der Waals surface area contributed by atoms with Crippen LogP contribution in [0.3, 0.4) is 0 Å². The molecule has 0 atom stereocenters. The van der Waals surface area contributed by atoms with Crippen molar-refractivity contribution in [1.29, 1.82) is 0 Å². The Morgan fingerprint density at radius 2 is 1.71 bits per heavy atom. The maximum Gasteiger partial charge on any atom is 0.261 e. The molecule has 0 saturated carbocycles. The molecule has 0 aliphatic rings. The van der Waals surface area contributed by atoms with Crippen molar-refractivity contribution in [2.75, 3.05) is 29.3 Å². The molecule has 7 heteroatoms. The van der Waals surface area contributed by atoms with Crippen LogP contribution in [0.5, 0.6) is 5.75 Å². The largest absolute Gasteiger partial charge is 0.494 e. The standard InChI is InChI=1S/C17H23N3O3S/c1-4-20(5-2)17-12-7-14(13-18-17)19-24(21,22)16-10-8-15(9-11-16)23-6-3/h7-13,19H,4-6H2,1-3H3. The Morgan fingerprint density at radius 3 is 2.21 bits per heavy atom. The van der Waals surface area contributed by atoms with Crippen LogP contribution in [-0.4, -0.2) is 33.1 Å². The van der Waals surface area contributed by atoms with E-state index >= 15 is 0 Å². The van der Waals surface area contributed by atoms with Gasteiger partial charge < -0.3 is 9.64 Å². The lowest BCUT2D eigenvalue weighted by atomic mass is 10.3. The van der Waals surface area contributed by atoms with Gasteiger partial charge in [0, 0.05) is 13.1 Å². The van der Waals surface area contributed by atoms with E-state index in [9.17, 15) is 8.42 Å². The topological polar surface area (TPSA) is 71.5 Å². The summed E-state index contributed by atoms with van der Waals surface area (Å²) < 4.78 is 32.7. The number of hydrogen-bond donors (Lipinski definition) is 1. The molecule has 0 bridgehead atoms. The van der Waals surface area contributed by atoms with Crippen LogP contribution in [0.15, 0.2) is 47.5 Å². The van der Waals surface area contributed by atoms with Gasteiger partial charge in [0.05, 0.1) is 23.4 Å². The SMILES string of the molecule is CCOc1ccc(S(=O)(=O)Nc2ccc(N(CC)CC)nc2)cc1. The van der Waals surface area contributed by atoms with E-state index in [0.717, 1.165) is 18.9 Å². The number of anilines is 2. The normalized spacial score (nSPS) is 11.1. The van der Waals surface area contributed by atoms with Crippen molar-refractivity contribution in [1.82, 2.24) is 4.98 Å². The molecule has 6 nitrogen and oxygen atoms in total. The van der Waals surface area contributed by atoms with Crippen LogP contribution >= 0.6 is 0 Å². The summed E-state index contributed by atoms with van der Waals surface area (Å²) in [5, 5.41) is 0. The first-order chi connectivity index (χ1) is 11.5. The third kappa shape index (κ3) is 4.38. The monoisotopic (exact) mass is 349 g/mol. The third-order valence-electron chi connectivity index (χ3n) is 3.53. The molecule has 1 aromatic heterocycles. The lowest BCUT2D eigenvalue weighted by Gasteiger charge is -2.19. The molecular weight excluding hydrogens is 326 g/mol. The third-order valence-corrected chi connectivity index (χ3v) is 4.93. The van der Waals surface area contributed by atoms with Crippen LogP contribution < -0.4 is 14.4 Å². The number of nitrogens with one attached hydrogen (secondary N) is 1. The molecule has 1 N–H and O–H groups in total. The minimum absolute atomic E-state index is 0.179. The molecule has 2 aromatic rings. The van der Waals surface area contributed by atoms with Gasteiger partial charge in [0.15, 0.2) is 0 Å². The smallest absolute Gasteiger partial charge is 0.261 e. The first-order valence-electron chi connectivity index (χ1n) is 7.96. The maximum atomic E-state index is 12.4. The van der Waals surface area contributed by atoms with Gasteiger partial charge in [-0.15, -0.1) is 0 Å². The fourth-order valence-electron chi connectivity index (χ4n) is 2.28. The van der Waals surface area contributed by atoms with Gasteiger partial charge in [-0.25, -0.2) is 13.4 Å². The maximum absolute atomic E-state index is 12.4. The average molecular weight is 349 g/mol. The summed E-state index contributed by atoms with van der Waals surface area (Å²) in [6.45, 7) is 8.21. The zero-order valence-electron chi connectivity index (χ0n) is 14.2. The van der Waals surface area contributed by atoms with E-state index in [2.05, 4.69) is 14.6 Å². The van der Waals surface area contributed by atoms with Crippen LogP contribution in [0.4, 0.5) is 11.5 Å². The summed E-state index contributed by atoms with van der Waals surface area (Å²) in [6.07, 6.45) is 1.53. The summed E-state index contributed by atoms with van der Waals surface area (Å²) in [5.41, 5.74) is 0.430. The molecule has 0 spiro atoms. The molecule has 0 aliphatic heterocycles. The molecular formula is C17H23N3O3S. The molecule has 0 saturated heterocycles. The van der Waals surface area contributed by atoms with Crippen LogP contribution in [0.1, 0.15) is 20.8 Å². The fraction of sp³-hybridized carbons (Fsp3) is 0.353. The minimum Gasteiger partial charge on any atom is -0.494 e. The van der Waals surface area contributed by atoms with Gasteiger partial charge in [0.25, 0.3) is 10.0 Å². The summed E-state index contributed by atoms with van der Waals surface area (Å²) >= 11 is 0. The lowest BCUT2D eigenvalue weighted by molar-refractivity contribution is 0.340. The number of ether oxygens (including phenoxy) is 1. The van der Waals surface area contributed by atoms with Crippen LogP contribution in [0, 0.1) is 0 Å². The molecule has 0 amide bonds. The predicted molar refractivity (Wildman–Crippen MR) is 96.2 cm³/mol. The van der Waals surface area contributed by atoms with E-state index in [1.54, 1.807) is 18.2 Å². The van der Waals surface area contributed by atoms with E-state index in [4.69, 9.17) is 4.74 Å². The predicted octanol–water partition coefficient (Wildman–Crippen LogP) is 3.13. The van der Waals surface area contributed by atoms with E-state index in [-0.39, 0.29) is 4.90 Å². The second kappa shape index (κ2) is 8.01. The highest BCUT2D eigenvalue weighted by molar-refractivity contribution is 7.92. The second-order valence-electron chi connectivity index (χ2n) is 5.09. The average Bonchev–Trinajstić information content (AvgIpc) is 2.58. The second-order valence-corrected chi connectivity index (χ2v) is 6.77. The van der Waals surface area contributed by atoms with E-state index < -0.39 is 10.0 Å². The van der Waals surface area contributed by atoms with Gasteiger partial charge in [0.1, 0.15) is 11.6 Å². The Morgan fingerprint density at radius 1 is 1.04 bits per heavy atom. The summed E-state index contributed by atoms with van der Waals surface area (Å²) in [6, 6.07) is 9.84. The number of rotatable bonds is 8. The Kier molecular flexibility index (Phi) is 6.03. The number of hydrogen-bond acceptors (Lipinski definition) is 5. The van der Waals surface area contributed by atoms with Gasteiger partial charge in [-0.1, -0.05) is 0 Å².